The first-order chi connectivity index (χ1) is 7.83. The van der Waals surface area contributed by atoms with Gasteiger partial charge in [0.2, 0.25) is 10.0 Å². The number of nitrogens with two attached hydrogens (primary N) is 1. The lowest BCUT2D eigenvalue weighted by Gasteiger charge is -2.17. The van der Waals surface area contributed by atoms with E-state index in [0.717, 1.165) is 0 Å². The van der Waals surface area contributed by atoms with E-state index in [1.807, 2.05) is 4.89 Å². The summed E-state index contributed by atoms with van der Waals surface area (Å²) in [5.41, 5.74) is 5.57. The number of sulfonamides is 1. The van der Waals surface area contributed by atoms with Gasteiger partial charge < -0.3 is 10.6 Å². The van der Waals surface area contributed by atoms with Gasteiger partial charge in [0, 0.05) is 12.5 Å². The second-order valence-corrected chi connectivity index (χ2v) is 6.02. The van der Waals surface area contributed by atoms with E-state index < -0.39 is 21.2 Å². The van der Waals surface area contributed by atoms with Crippen LogP contribution in [0.5, 0.6) is 0 Å². The maximum absolute atomic E-state index is 11.8. The monoisotopic (exact) mass is 266 g/mol. The quantitative estimate of drug-likeness (QED) is 0.629. The average molecular weight is 266 g/mol. The SMILES string of the molecule is CCCC(=O)ONS(=O)(=O)C(CC)CC(C)N. The predicted octanol–water partition coefficient (Wildman–Crippen LogP) is 0.680. The van der Waals surface area contributed by atoms with E-state index in [0.29, 0.717) is 19.3 Å². The lowest BCUT2D eigenvalue weighted by Crippen LogP contribution is -2.38. The fourth-order valence-electron chi connectivity index (χ4n) is 1.36. The molecule has 102 valence electrons. The summed E-state index contributed by atoms with van der Waals surface area (Å²) in [6.07, 6.45) is 1.55. The van der Waals surface area contributed by atoms with E-state index >= 15 is 0 Å². The molecule has 0 radical (unpaired) electrons. The van der Waals surface area contributed by atoms with Crippen molar-refractivity contribution in [2.24, 2.45) is 5.73 Å². The van der Waals surface area contributed by atoms with E-state index in [2.05, 4.69) is 4.84 Å². The van der Waals surface area contributed by atoms with Crippen LogP contribution in [0.25, 0.3) is 0 Å². The zero-order chi connectivity index (χ0) is 13.5. The summed E-state index contributed by atoms with van der Waals surface area (Å²) in [6.45, 7) is 5.29. The van der Waals surface area contributed by atoms with Crippen LogP contribution < -0.4 is 10.6 Å². The fraction of sp³-hybridized carbons (Fsp3) is 0.900. The molecule has 0 aromatic heterocycles. The lowest BCUT2D eigenvalue weighted by molar-refractivity contribution is -0.147. The highest BCUT2D eigenvalue weighted by molar-refractivity contribution is 7.90. The maximum atomic E-state index is 11.8. The third kappa shape index (κ3) is 6.60. The van der Waals surface area contributed by atoms with E-state index in [9.17, 15) is 13.2 Å². The van der Waals surface area contributed by atoms with Crippen molar-refractivity contribution in [3.05, 3.63) is 0 Å². The van der Waals surface area contributed by atoms with Crippen molar-refractivity contribution < 1.29 is 18.0 Å². The first-order valence-corrected chi connectivity index (χ1v) is 7.34. The zero-order valence-corrected chi connectivity index (χ0v) is 11.4. The van der Waals surface area contributed by atoms with Gasteiger partial charge in [-0.05, 0) is 31.1 Å². The second kappa shape index (κ2) is 7.62. The van der Waals surface area contributed by atoms with Crippen molar-refractivity contribution in [2.75, 3.05) is 0 Å². The van der Waals surface area contributed by atoms with Crippen molar-refractivity contribution in [3.8, 4) is 0 Å². The Balaban J connectivity index is 4.39. The van der Waals surface area contributed by atoms with Crippen LogP contribution in [-0.4, -0.2) is 25.7 Å². The molecule has 0 heterocycles. The van der Waals surface area contributed by atoms with Crippen molar-refractivity contribution in [2.45, 2.75) is 57.7 Å². The molecule has 0 aromatic carbocycles. The van der Waals surface area contributed by atoms with Gasteiger partial charge in [-0.15, -0.1) is 0 Å². The Hall–Kier alpha value is -0.660. The van der Waals surface area contributed by atoms with Crippen LogP contribution in [0.4, 0.5) is 0 Å². The Kier molecular flexibility index (Phi) is 7.33. The molecule has 3 N–H and O–H groups in total. The molecule has 7 heteroatoms. The molecule has 0 amide bonds. The van der Waals surface area contributed by atoms with Gasteiger partial charge in [-0.3, -0.25) is 4.79 Å². The second-order valence-electron chi connectivity index (χ2n) is 4.10. The van der Waals surface area contributed by atoms with Crippen LogP contribution in [0.2, 0.25) is 0 Å². The molecule has 0 aliphatic heterocycles. The van der Waals surface area contributed by atoms with Gasteiger partial charge >= 0.3 is 5.97 Å². The summed E-state index contributed by atoms with van der Waals surface area (Å²) in [7, 11) is -3.65. The molecule has 0 rings (SSSR count). The van der Waals surface area contributed by atoms with Gasteiger partial charge in [0.1, 0.15) is 0 Å². The Morgan fingerprint density at radius 3 is 2.41 bits per heavy atom. The molecule has 6 nitrogen and oxygen atoms in total. The molecule has 0 saturated carbocycles. The number of hydrogen-bond acceptors (Lipinski definition) is 5. The minimum absolute atomic E-state index is 0.187. The summed E-state index contributed by atoms with van der Waals surface area (Å²) in [5, 5.41) is -0.642. The van der Waals surface area contributed by atoms with E-state index in [1.165, 1.54) is 0 Å². The number of carbonyl (C=O) groups is 1. The summed E-state index contributed by atoms with van der Waals surface area (Å²) in [6, 6.07) is -0.220. The molecule has 17 heavy (non-hydrogen) atoms. The van der Waals surface area contributed by atoms with Gasteiger partial charge in [0.25, 0.3) is 0 Å². The number of nitrogens with one attached hydrogen (secondary N) is 1. The number of rotatable bonds is 8. The lowest BCUT2D eigenvalue weighted by atomic mass is 10.1. The van der Waals surface area contributed by atoms with Crippen molar-refractivity contribution in [3.63, 3.8) is 0 Å². The molecule has 2 atom stereocenters. The summed E-state index contributed by atoms with van der Waals surface area (Å²) < 4.78 is 23.5. The first kappa shape index (κ1) is 16.3. The number of hydrogen-bond donors (Lipinski definition) is 2. The summed E-state index contributed by atoms with van der Waals surface area (Å²) in [5.74, 6) is -0.577. The highest BCUT2D eigenvalue weighted by Gasteiger charge is 2.26. The molecule has 0 spiro atoms. The molecule has 0 fully saturated rings. The Bertz CT molecular complexity index is 327. The van der Waals surface area contributed by atoms with Crippen LogP contribution >= 0.6 is 0 Å². The van der Waals surface area contributed by atoms with Crippen molar-refractivity contribution >= 4 is 16.0 Å². The van der Waals surface area contributed by atoms with Crippen LogP contribution in [0.15, 0.2) is 0 Å². The standard InChI is InChI=1S/C10H22N2O4S/c1-4-6-10(13)16-12-17(14,15)9(5-2)7-8(3)11/h8-9,12H,4-7,11H2,1-3H3. The first-order valence-electron chi connectivity index (χ1n) is 5.79. The fourth-order valence-corrected chi connectivity index (χ4v) is 2.70. The third-order valence-corrected chi connectivity index (χ3v) is 3.97. The van der Waals surface area contributed by atoms with Crippen molar-refractivity contribution in [1.82, 2.24) is 4.89 Å². The van der Waals surface area contributed by atoms with Gasteiger partial charge in [0.15, 0.2) is 0 Å². The number of carbonyl (C=O) groups excluding carboxylic acids is 1. The van der Waals surface area contributed by atoms with Crippen molar-refractivity contribution in [1.29, 1.82) is 0 Å². The van der Waals surface area contributed by atoms with Crippen LogP contribution in [0.3, 0.4) is 0 Å². The topological polar surface area (TPSA) is 98.5 Å². The van der Waals surface area contributed by atoms with Gasteiger partial charge in [-0.25, -0.2) is 8.42 Å². The van der Waals surface area contributed by atoms with Crippen LogP contribution in [0.1, 0.15) is 46.5 Å². The van der Waals surface area contributed by atoms with E-state index in [4.69, 9.17) is 5.73 Å². The Morgan fingerprint density at radius 2 is 2.00 bits per heavy atom. The van der Waals surface area contributed by atoms with E-state index in [-0.39, 0.29) is 12.5 Å². The third-order valence-electron chi connectivity index (χ3n) is 2.25. The molecule has 0 aliphatic rings. The minimum atomic E-state index is -3.65. The van der Waals surface area contributed by atoms with Gasteiger partial charge in [-0.1, -0.05) is 13.8 Å². The molecule has 0 saturated heterocycles. The molecular weight excluding hydrogens is 244 g/mol. The molecular formula is C10H22N2O4S. The average Bonchev–Trinajstić information content (AvgIpc) is 2.23. The molecule has 0 aromatic rings. The van der Waals surface area contributed by atoms with Gasteiger partial charge in [-0.2, -0.15) is 0 Å². The van der Waals surface area contributed by atoms with Crippen LogP contribution in [0, 0.1) is 0 Å². The normalized spacial score (nSPS) is 15.3. The maximum Gasteiger partial charge on any atom is 0.326 e. The van der Waals surface area contributed by atoms with Gasteiger partial charge in [0.05, 0.1) is 5.25 Å². The minimum Gasteiger partial charge on any atom is -0.356 e. The molecule has 0 bridgehead atoms. The largest absolute Gasteiger partial charge is 0.356 e. The smallest absolute Gasteiger partial charge is 0.326 e. The molecule has 0 aliphatic carbocycles. The Labute approximate surface area is 103 Å². The summed E-state index contributed by atoms with van der Waals surface area (Å²) in [4.78, 5) is 17.4. The summed E-state index contributed by atoms with van der Waals surface area (Å²) >= 11 is 0. The highest BCUT2D eigenvalue weighted by atomic mass is 32.2. The van der Waals surface area contributed by atoms with Crippen LogP contribution in [-0.2, 0) is 19.7 Å². The predicted molar refractivity (Wildman–Crippen MR) is 65.4 cm³/mol. The zero-order valence-electron chi connectivity index (χ0n) is 10.6. The Morgan fingerprint density at radius 1 is 1.41 bits per heavy atom. The highest BCUT2D eigenvalue weighted by Crippen LogP contribution is 2.11. The van der Waals surface area contributed by atoms with E-state index in [1.54, 1.807) is 20.8 Å². The molecule has 2 unspecified atom stereocenters.